The summed E-state index contributed by atoms with van der Waals surface area (Å²) in [6, 6.07) is 5.87. The van der Waals surface area contributed by atoms with E-state index in [1.807, 2.05) is 0 Å². The molecule has 0 saturated carbocycles. The molecule has 9 nitrogen and oxygen atoms in total. The second kappa shape index (κ2) is 4.65. The van der Waals surface area contributed by atoms with E-state index in [9.17, 15) is 19.7 Å². The zero-order valence-corrected chi connectivity index (χ0v) is 11.7. The Morgan fingerprint density at radius 2 is 1.95 bits per heavy atom. The van der Waals surface area contributed by atoms with E-state index < -0.39 is 16.2 Å². The lowest BCUT2D eigenvalue weighted by Crippen LogP contribution is -2.36. The summed E-state index contributed by atoms with van der Waals surface area (Å²) >= 11 is 0. The quantitative estimate of drug-likeness (QED) is 0.547. The molecule has 112 valence electrons. The number of aromatic nitrogens is 4. The van der Waals surface area contributed by atoms with Gasteiger partial charge in [-0.1, -0.05) is 12.1 Å². The van der Waals surface area contributed by atoms with Gasteiger partial charge in [-0.05, 0) is 0 Å². The molecule has 1 aromatic carbocycles. The fourth-order valence-corrected chi connectivity index (χ4v) is 2.23. The van der Waals surface area contributed by atoms with Gasteiger partial charge in [0, 0.05) is 31.8 Å². The second-order valence-corrected chi connectivity index (χ2v) is 4.80. The number of non-ortho nitro benzene ring substituents is 1. The first kappa shape index (κ1) is 13.7. The summed E-state index contributed by atoms with van der Waals surface area (Å²) in [5.74, 6) is 0.289. The van der Waals surface area contributed by atoms with E-state index in [-0.39, 0.29) is 22.7 Å². The summed E-state index contributed by atoms with van der Waals surface area (Å²) in [7, 11) is 2.88. The van der Waals surface area contributed by atoms with Crippen LogP contribution in [0.3, 0.4) is 0 Å². The number of nitrogens with one attached hydrogen (secondary N) is 1. The summed E-state index contributed by atoms with van der Waals surface area (Å²) < 4.78 is 2.21. The SMILES string of the molecule is Cn1c(=O)c2[nH]c(-c3cccc([N+](=O)[O-])c3)nc2n(C)c1=O. The van der Waals surface area contributed by atoms with E-state index >= 15 is 0 Å². The highest BCUT2D eigenvalue weighted by molar-refractivity contribution is 5.75. The first-order valence-electron chi connectivity index (χ1n) is 6.30. The number of nitro benzene ring substituents is 1. The van der Waals surface area contributed by atoms with E-state index in [1.165, 1.54) is 36.9 Å². The van der Waals surface area contributed by atoms with E-state index in [1.54, 1.807) is 6.07 Å². The third kappa shape index (κ3) is 1.91. The zero-order valence-electron chi connectivity index (χ0n) is 11.7. The minimum absolute atomic E-state index is 0.0836. The van der Waals surface area contributed by atoms with Crippen LogP contribution < -0.4 is 11.2 Å². The van der Waals surface area contributed by atoms with Crippen molar-refractivity contribution in [2.75, 3.05) is 0 Å². The van der Waals surface area contributed by atoms with Crippen molar-refractivity contribution in [3.63, 3.8) is 0 Å². The van der Waals surface area contributed by atoms with Crippen LogP contribution in [-0.4, -0.2) is 24.0 Å². The predicted molar refractivity (Wildman–Crippen MR) is 78.7 cm³/mol. The van der Waals surface area contributed by atoms with Crippen molar-refractivity contribution in [1.82, 2.24) is 19.1 Å². The van der Waals surface area contributed by atoms with Crippen molar-refractivity contribution in [3.8, 4) is 11.4 Å². The normalized spacial score (nSPS) is 11.0. The number of fused-ring (bicyclic) bond motifs is 1. The summed E-state index contributed by atoms with van der Waals surface area (Å²) in [4.78, 5) is 41.3. The summed E-state index contributed by atoms with van der Waals surface area (Å²) in [6.45, 7) is 0. The van der Waals surface area contributed by atoms with Crippen molar-refractivity contribution in [2.45, 2.75) is 0 Å². The van der Waals surface area contributed by atoms with Gasteiger partial charge in [0.25, 0.3) is 11.2 Å². The molecule has 3 rings (SSSR count). The molecular weight excluding hydrogens is 290 g/mol. The molecule has 9 heteroatoms. The number of nitro groups is 1. The molecule has 0 atom stereocenters. The van der Waals surface area contributed by atoms with Gasteiger partial charge < -0.3 is 4.98 Å². The lowest BCUT2D eigenvalue weighted by Gasteiger charge is -2.00. The summed E-state index contributed by atoms with van der Waals surface area (Å²) in [6.07, 6.45) is 0. The molecule has 22 heavy (non-hydrogen) atoms. The fraction of sp³-hybridized carbons (Fsp3) is 0.154. The molecule has 0 aliphatic rings. The third-order valence-electron chi connectivity index (χ3n) is 3.43. The molecule has 0 saturated heterocycles. The number of nitrogens with zero attached hydrogens (tertiary/aromatic N) is 4. The van der Waals surface area contributed by atoms with E-state index in [0.29, 0.717) is 5.56 Å². The number of imidazole rings is 1. The van der Waals surface area contributed by atoms with Gasteiger partial charge in [0.2, 0.25) is 0 Å². The number of rotatable bonds is 2. The molecule has 0 unspecified atom stereocenters. The van der Waals surface area contributed by atoms with Crippen LogP contribution in [0.1, 0.15) is 0 Å². The number of benzene rings is 1. The molecule has 0 aliphatic carbocycles. The number of H-pyrrole nitrogens is 1. The number of aromatic amines is 1. The predicted octanol–water partition coefficient (Wildman–Crippen LogP) is 0.535. The lowest BCUT2D eigenvalue weighted by molar-refractivity contribution is -0.384. The molecular formula is C13H11N5O4. The van der Waals surface area contributed by atoms with Crippen LogP contribution in [0.25, 0.3) is 22.6 Å². The Kier molecular flexibility index (Phi) is 2.91. The van der Waals surface area contributed by atoms with Crippen LogP contribution in [0.4, 0.5) is 5.69 Å². The highest BCUT2D eigenvalue weighted by atomic mass is 16.6. The molecule has 0 aliphatic heterocycles. The van der Waals surface area contributed by atoms with Gasteiger partial charge in [-0.3, -0.25) is 24.0 Å². The topological polar surface area (TPSA) is 116 Å². The summed E-state index contributed by atoms with van der Waals surface area (Å²) in [5.41, 5.74) is -0.239. The maximum absolute atomic E-state index is 12.1. The Hall–Kier alpha value is -3.23. The third-order valence-corrected chi connectivity index (χ3v) is 3.43. The van der Waals surface area contributed by atoms with Crippen molar-refractivity contribution in [3.05, 3.63) is 55.2 Å². The van der Waals surface area contributed by atoms with Crippen molar-refractivity contribution in [1.29, 1.82) is 0 Å². The van der Waals surface area contributed by atoms with Gasteiger partial charge >= 0.3 is 5.69 Å². The molecule has 0 bridgehead atoms. The Balaban J connectivity index is 2.30. The largest absolute Gasteiger partial charge is 0.332 e. The van der Waals surface area contributed by atoms with Crippen LogP contribution in [0.15, 0.2) is 33.9 Å². The van der Waals surface area contributed by atoms with E-state index in [4.69, 9.17) is 0 Å². The maximum Gasteiger partial charge on any atom is 0.332 e. The van der Waals surface area contributed by atoms with Gasteiger partial charge in [0.1, 0.15) is 11.3 Å². The average molecular weight is 301 g/mol. The second-order valence-electron chi connectivity index (χ2n) is 4.80. The van der Waals surface area contributed by atoms with E-state index in [0.717, 1.165) is 4.57 Å². The number of hydrogen-bond acceptors (Lipinski definition) is 5. The molecule has 0 fully saturated rings. The average Bonchev–Trinajstić information content (AvgIpc) is 2.96. The minimum atomic E-state index is -0.513. The first-order chi connectivity index (χ1) is 10.4. The molecule has 3 aromatic rings. The van der Waals surface area contributed by atoms with Crippen molar-refractivity contribution < 1.29 is 4.92 Å². The Morgan fingerprint density at radius 3 is 2.64 bits per heavy atom. The Labute approximate surface area is 122 Å². The van der Waals surface area contributed by atoms with Gasteiger partial charge in [0.15, 0.2) is 5.65 Å². The maximum atomic E-state index is 12.1. The Bertz CT molecular complexity index is 1030. The van der Waals surface area contributed by atoms with Gasteiger partial charge in [-0.15, -0.1) is 0 Å². The number of hydrogen-bond donors (Lipinski definition) is 1. The van der Waals surface area contributed by atoms with E-state index in [2.05, 4.69) is 9.97 Å². The van der Waals surface area contributed by atoms with Gasteiger partial charge in [0.05, 0.1) is 4.92 Å². The zero-order chi connectivity index (χ0) is 16.0. The van der Waals surface area contributed by atoms with Gasteiger partial charge in [-0.2, -0.15) is 0 Å². The van der Waals surface area contributed by atoms with Crippen LogP contribution in [0.2, 0.25) is 0 Å². The smallest absolute Gasteiger partial charge is 0.332 e. The minimum Gasteiger partial charge on any atom is -0.332 e. The molecule has 0 spiro atoms. The lowest BCUT2D eigenvalue weighted by atomic mass is 10.2. The van der Waals surface area contributed by atoms with Crippen molar-refractivity contribution >= 4 is 16.9 Å². The highest BCUT2D eigenvalue weighted by Gasteiger charge is 2.15. The first-order valence-corrected chi connectivity index (χ1v) is 6.30. The standard InChI is InChI=1S/C13H11N5O4/c1-16-11-9(12(19)17(2)13(16)20)14-10(15-11)7-4-3-5-8(6-7)18(21)22/h3-6H,1-2H3,(H,14,15). The Morgan fingerprint density at radius 1 is 1.23 bits per heavy atom. The molecule has 0 amide bonds. The van der Waals surface area contributed by atoms with Crippen molar-refractivity contribution in [2.24, 2.45) is 14.1 Å². The molecule has 1 N–H and O–H groups in total. The monoisotopic (exact) mass is 301 g/mol. The van der Waals surface area contributed by atoms with Crippen LogP contribution in [-0.2, 0) is 14.1 Å². The fourth-order valence-electron chi connectivity index (χ4n) is 2.23. The molecule has 2 aromatic heterocycles. The summed E-state index contributed by atoms with van der Waals surface area (Å²) in [5, 5.41) is 10.8. The van der Waals surface area contributed by atoms with Crippen LogP contribution in [0.5, 0.6) is 0 Å². The van der Waals surface area contributed by atoms with Gasteiger partial charge in [-0.25, -0.2) is 9.78 Å². The van der Waals surface area contributed by atoms with Crippen LogP contribution >= 0.6 is 0 Å². The van der Waals surface area contributed by atoms with Crippen LogP contribution in [0, 0.1) is 10.1 Å². The number of aryl methyl sites for hydroxylation is 1. The molecule has 0 radical (unpaired) electrons. The molecule has 2 heterocycles. The highest BCUT2D eigenvalue weighted by Crippen LogP contribution is 2.22.